The predicted molar refractivity (Wildman–Crippen MR) is 105 cm³/mol. The van der Waals surface area contributed by atoms with Gasteiger partial charge in [0.25, 0.3) is 5.91 Å². The molecule has 2 aromatic carbocycles. The van der Waals surface area contributed by atoms with Crippen molar-refractivity contribution < 1.29 is 19.0 Å². The Morgan fingerprint density at radius 1 is 1.33 bits per heavy atom. The van der Waals surface area contributed by atoms with Gasteiger partial charge in [0.2, 0.25) is 0 Å². The first kappa shape index (κ1) is 19.2. The summed E-state index contributed by atoms with van der Waals surface area (Å²) in [7, 11) is 1.48. The number of hydrogen-bond acceptors (Lipinski definition) is 5. The molecule has 0 saturated heterocycles. The van der Waals surface area contributed by atoms with E-state index in [1.54, 1.807) is 0 Å². The number of halogens is 1. The van der Waals surface area contributed by atoms with Crippen LogP contribution in [0.2, 0.25) is 5.02 Å². The van der Waals surface area contributed by atoms with Crippen molar-refractivity contribution in [1.82, 2.24) is 5.32 Å². The van der Waals surface area contributed by atoms with E-state index < -0.39 is 0 Å². The molecule has 27 heavy (non-hydrogen) atoms. The number of methoxy groups -OCH3 is 1. The van der Waals surface area contributed by atoms with Gasteiger partial charge in [0.15, 0.2) is 0 Å². The Morgan fingerprint density at radius 2 is 2.11 bits per heavy atom. The van der Waals surface area contributed by atoms with Gasteiger partial charge >= 0.3 is 0 Å². The van der Waals surface area contributed by atoms with E-state index in [2.05, 4.69) is 5.32 Å². The summed E-state index contributed by atoms with van der Waals surface area (Å²) in [5.74, 6) is 1.64. The molecule has 1 atom stereocenters. The molecule has 1 aliphatic heterocycles. The van der Waals surface area contributed by atoms with Crippen molar-refractivity contribution >= 4 is 23.2 Å². The van der Waals surface area contributed by atoms with Crippen molar-refractivity contribution in [2.45, 2.75) is 32.9 Å². The van der Waals surface area contributed by atoms with Crippen molar-refractivity contribution in [1.29, 1.82) is 0 Å². The van der Waals surface area contributed by atoms with Gasteiger partial charge in [0, 0.05) is 30.2 Å². The van der Waals surface area contributed by atoms with Crippen LogP contribution in [-0.4, -0.2) is 25.7 Å². The number of nitrogen functional groups attached to an aromatic ring is 1. The first-order chi connectivity index (χ1) is 12.9. The summed E-state index contributed by atoms with van der Waals surface area (Å²) in [6.07, 6.45) is 0.990. The monoisotopic (exact) mass is 390 g/mol. The maximum absolute atomic E-state index is 12.7. The average molecular weight is 391 g/mol. The van der Waals surface area contributed by atoms with Crippen LogP contribution in [0.1, 0.15) is 35.3 Å². The molecule has 3 N–H and O–H groups in total. The second-order valence-corrected chi connectivity index (χ2v) is 6.80. The Labute approximate surface area is 163 Å². The number of fused-ring (bicyclic) bond motifs is 1. The summed E-state index contributed by atoms with van der Waals surface area (Å²) >= 11 is 6.05. The molecule has 0 aromatic heterocycles. The fourth-order valence-electron chi connectivity index (χ4n) is 3.10. The summed E-state index contributed by atoms with van der Waals surface area (Å²) in [5, 5.41) is 3.19. The van der Waals surface area contributed by atoms with Crippen LogP contribution in [-0.2, 0) is 13.0 Å². The summed E-state index contributed by atoms with van der Waals surface area (Å²) in [6.45, 7) is 4.77. The lowest BCUT2D eigenvalue weighted by molar-refractivity contribution is 0.0947. The Kier molecular flexibility index (Phi) is 5.65. The molecular formula is C20H23ClN2O4. The van der Waals surface area contributed by atoms with Gasteiger partial charge < -0.3 is 25.3 Å². The van der Waals surface area contributed by atoms with Crippen molar-refractivity contribution in [3.8, 4) is 17.2 Å². The van der Waals surface area contributed by atoms with Crippen LogP contribution in [0.5, 0.6) is 17.2 Å². The van der Waals surface area contributed by atoms with Crippen molar-refractivity contribution in [3.63, 3.8) is 0 Å². The van der Waals surface area contributed by atoms with Gasteiger partial charge in [-0.05, 0) is 32.0 Å². The van der Waals surface area contributed by atoms with Gasteiger partial charge in [0.05, 0.1) is 30.0 Å². The summed E-state index contributed by atoms with van der Waals surface area (Å²) < 4.78 is 16.8. The molecule has 0 saturated carbocycles. The lowest BCUT2D eigenvalue weighted by Crippen LogP contribution is -2.24. The number of ether oxygens (including phenoxy) is 3. The first-order valence-corrected chi connectivity index (χ1v) is 9.17. The van der Waals surface area contributed by atoms with E-state index in [0.29, 0.717) is 28.6 Å². The SMILES string of the molecule is CCOc1cc2c(cc1CNC(=O)c1cc(Cl)c(N)cc1OC)OC(C)C2. The van der Waals surface area contributed by atoms with Crippen LogP contribution in [0.4, 0.5) is 5.69 Å². The fraction of sp³-hybridized carbons (Fsp3) is 0.350. The molecule has 1 aliphatic rings. The zero-order chi connectivity index (χ0) is 19.6. The topological polar surface area (TPSA) is 82.8 Å². The minimum Gasteiger partial charge on any atom is -0.496 e. The Bertz CT molecular complexity index is 870. The Balaban J connectivity index is 1.81. The second kappa shape index (κ2) is 7.96. The normalized spacial score (nSPS) is 15.0. The molecule has 1 unspecified atom stereocenters. The lowest BCUT2D eigenvalue weighted by atomic mass is 10.1. The highest BCUT2D eigenvalue weighted by atomic mass is 35.5. The highest BCUT2D eigenvalue weighted by Gasteiger charge is 2.22. The smallest absolute Gasteiger partial charge is 0.255 e. The van der Waals surface area contributed by atoms with Gasteiger partial charge in [-0.25, -0.2) is 0 Å². The molecule has 0 bridgehead atoms. The highest BCUT2D eigenvalue weighted by Crippen LogP contribution is 2.35. The van der Waals surface area contributed by atoms with Gasteiger partial charge in [-0.1, -0.05) is 11.6 Å². The molecule has 0 spiro atoms. The van der Waals surface area contributed by atoms with Crippen molar-refractivity contribution in [2.24, 2.45) is 0 Å². The lowest BCUT2D eigenvalue weighted by Gasteiger charge is -2.14. The first-order valence-electron chi connectivity index (χ1n) is 8.79. The van der Waals surface area contributed by atoms with Crippen molar-refractivity contribution in [2.75, 3.05) is 19.5 Å². The van der Waals surface area contributed by atoms with Gasteiger partial charge in [-0.2, -0.15) is 0 Å². The van der Waals surface area contributed by atoms with E-state index in [4.69, 9.17) is 31.5 Å². The van der Waals surface area contributed by atoms with E-state index >= 15 is 0 Å². The van der Waals surface area contributed by atoms with E-state index in [9.17, 15) is 4.79 Å². The number of nitrogens with two attached hydrogens (primary N) is 1. The molecule has 7 heteroatoms. The minimum atomic E-state index is -0.314. The quantitative estimate of drug-likeness (QED) is 0.736. The summed E-state index contributed by atoms with van der Waals surface area (Å²) in [4.78, 5) is 12.7. The molecule has 0 radical (unpaired) electrons. The number of benzene rings is 2. The predicted octanol–water partition coefficient (Wildman–Crippen LogP) is 3.58. The van der Waals surface area contributed by atoms with E-state index in [-0.39, 0.29) is 18.6 Å². The van der Waals surface area contributed by atoms with Crippen LogP contribution in [0.25, 0.3) is 0 Å². The minimum absolute atomic E-state index is 0.139. The van der Waals surface area contributed by atoms with Crippen LogP contribution in [0.3, 0.4) is 0 Å². The molecule has 3 rings (SSSR count). The molecule has 0 fully saturated rings. The highest BCUT2D eigenvalue weighted by molar-refractivity contribution is 6.33. The Morgan fingerprint density at radius 3 is 2.81 bits per heavy atom. The molecule has 1 heterocycles. The maximum Gasteiger partial charge on any atom is 0.255 e. The molecule has 144 valence electrons. The number of rotatable bonds is 6. The van der Waals surface area contributed by atoms with Crippen LogP contribution < -0.4 is 25.3 Å². The number of carbonyl (C=O) groups excluding carboxylic acids is 1. The van der Waals surface area contributed by atoms with E-state index in [1.807, 2.05) is 26.0 Å². The van der Waals surface area contributed by atoms with Gasteiger partial charge in [0.1, 0.15) is 23.4 Å². The van der Waals surface area contributed by atoms with E-state index in [1.165, 1.54) is 19.2 Å². The number of nitrogens with one attached hydrogen (secondary N) is 1. The van der Waals surface area contributed by atoms with E-state index in [0.717, 1.165) is 29.0 Å². The zero-order valence-electron chi connectivity index (χ0n) is 15.6. The average Bonchev–Trinajstić information content (AvgIpc) is 3.00. The molecule has 0 aliphatic carbocycles. The third-order valence-corrected chi connectivity index (χ3v) is 4.71. The number of anilines is 1. The molecule has 6 nitrogen and oxygen atoms in total. The standard InChI is InChI=1S/C20H23ClN2O4/c1-4-26-17-6-12-5-11(2)27-18(12)7-13(17)10-23-20(24)14-8-15(21)16(22)9-19(14)25-3/h6-9,11H,4-5,10,22H2,1-3H3,(H,23,24). The number of amides is 1. The van der Waals surface area contributed by atoms with Crippen LogP contribution >= 0.6 is 11.6 Å². The second-order valence-electron chi connectivity index (χ2n) is 6.39. The van der Waals surface area contributed by atoms with Crippen LogP contribution in [0, 0.1) is 0 Å². The Hall–Kier alpha value is -2.60. The maximum atomic E-state index is 12.7. The molecular weight excluding hydrogens is 368 g/mol. The van der Waals surface area contributed by atoms with Crippen LogP contribution in [0.15, 0.2) is 24.3 Å². The largest absolute Gasteiger partial charge is 0.496 e. The molecule has 2 aromatic rings. The van der Waals surface area contributed by atoms with Crippen molar-refractivity contribution in [3.05, 3.63) is 46.0 Å². The number of carbonyl (C=O) groups is 1. The third kappa shape index (κ3) is 4.06. The summed E-state index contributed by atoms with van der Waals surface area (Å²) in [5.41, 5.74) is 8.41. The summed E-state index contributed by atoms with van der Waals surface area (Å²) in [6, 6.07) is 6.96. The number of hydrogen-bond donors (Lipinski definition) is 2. The van der Waals surface area contributed by atoms with Gasteiger partial charge in [-0.3, -0.25) is 4.79 Å². The fourth-order valence-corrected chi connectivity index (χ4v) is 3.26. The third-order valence-electron chi connectivity index (χ3n) is 4.38. The molecule has 1 amide bonds. The zero-order valence-corrected chi connectivity index (χ0v) is 16.4. The van der Waals surface area contributed by atoms with Gasteiger partial charge in [-0.15, -0.1) is 0 Å².